The summed E-state index contributed by atoms with van der Waals surface area (Å²) in [6.45, 7) is 12.7. The number of hydrogen-bond acceptors (Lipinski definition) is 5. The van der Waals surface area contributed by atoms with Crippen molar-refractivity contribution >= 4 is 10.1 Å². The SMILES string of the molecule is CC(C)c1cc(C(C)C)c(-c2ccccc2S(=O)(=O)On2c(O)ccc2O)c(C(C)C)c1. The average Bonchev–Trinajstić information content (AvgIpc) is 3.04. The zero-order valence-electron chi connectivity index (χ0n) is 19.3. The number of hydrogen-bond donors (Lipinski definition) is 2. The van der Waals surface area contributed by atoms with E-state index < -0.39 is 21.9 Å². The summed E-state index contributed by atoms with van der Waals surface area (Å²) in [5.41, 5.74) is 4.74. The summed E-state index contributed by atoms with van der Waals surface area (Å²) in [5.74, 6) is -0.377. The lowest BCUT2D eigenvalue weighted by atomic mass is 9.82. The van der Waals surface area contributed by atoms with Crippen molar-refractivity contribution in [2.45, 2.75) is 64.2 Å². The lowest BCUT2D eigenvalue weighted by molar-refractivity contribution is 0.203. The van der Waals surface area contributed by atoms with Gasteiger partial charge in [-0.2, -0.15) is 8.42 Å². The Kier molecular flexibility index (Phi) is 6.60. The minimum absolute atomic E-state index is 0.0337. The molecule has 0 radical (unpaired) electrons. The second kappa shape index (κ2) is 8.90. The molecule has 2 aromatic carbocycles. The zero-order valence-corrected chi connectivity index (χ0v) is 20.1. The van der Waals surface area contributed by atoms with Gasteiger partial charge < -0.3 is 10.2 Å². The first-order chi connectivity index (χ1) is 14.9. The van der Waals surface area contributed by atoms with Crippen molar-refractivity contribution in [2.75, 3.05) is 0 Å². The molecular weight excluding hydrogens is 426 g/mol. The Morgan fingerprint density at radius 3 is 1.75 bits per heavy atom. The fourth-order valence-corrected chi connectivity index (χ4v) is 4.89. The highest BCUT2D eigenvalue weighted by Gasteiger charge is 2.28. The zero-order chi connectivity index (χ0) is 23.8. The molecule has 1 aromatic heterocycles. The van der Waals surface area contributed by atoms with Crippen LogP contribution >= 0.6 is 0 Å². The van der Waals surface area contributed by atoms with Crippen LogP contribution in [0.4, 0.5) is 0 Å². The first-order valence-corrected chi connectivity index (χ1v) is 12.2. The average molecular weight is 458 g/mol. The maximum absolute atomic E-state index is 13.3. The molecule has 7 heteroatoms. The summed E-state index contributed by atoms with van der Waals surface area (Å²) in [6, 6.07) is 13.3. The highest BCUT2D eigenvalue weighted by molar-refractivity contribution is 7.87. The quantitative estimate of drug-likeness (QED) is 0.471. The van der Waals surface area contributed by atoms with Crippen molar-refractivity contribution in [3.05, 3.63) is 65.2 Å². The minimum Gasteiger partial charge on any atom is -0.492 e. The van der Waals surface area contributed by atoms with Gasteiger partial charge in [0.25, 0.3) is 0 Å². The second-order valence-corrected chi connectivity index (χ2v) is 10.4. The molecule has 1 heterocycles. The third-order valence-corrected chi connectivity index (χ3v) is 6.77. The predicted octanol–water partition coefficient (Wildman–Crippen LogP) is 5.75. The van der Waals surface area contributed by atoms with Crippen LogP contribution in [0.1, 0.15) is 76.0 Å². The van der Waals surface area contributed by atoms with E-state index in [2.05, 4.69) is 53.7 Å². The van der Waals surface area contributed by atoms with E-state index in [9.17, 15) is 18.6 Å². The fraction of sp³-hybridized carbons (Fsp3) is 0.360. The molecule has 0 bridgehead atoms. The Morgan fingerprint density at radius 1 is 0.781 bits per heavy atom. The number of aromatic hydroxyl groups is 2. The fourth-order valence-electron chi connectivity index (χ4n) is 3.77. The van der Waals surface area contributed by atoms with E-state index in [1.807, 2.05) is 0 Å². The van der Waals surface area contributed by atoms with Crippen molar-refractivity contribution < 1.29 is 22.9 Å². The molecule has 0 aliphatic rings. The molecule has 2 N–H and O–H groups in total. The molecule has 0 atom stereocenters. The molecule has 6 nitrogen and oxygen atoms in total. The second-order valence-electron chi connectivity index (χ2n) is 8.91. The van der Waals surface area contributed by atoms with E-state index in [0.717, 1.165) is 28.8 Å². The largest absolute Gasteiger partial charge is 0.492 e. The minimum atomic E-state index is -4.38. The summed E-state index contributed by atoms with van der Waals surface area (Å²) in [4.78, 5) is -0.0337. The molecule has 0 aliphatic carbocycles. The van der Waals surface area contributed by atoms with Gasteiger partial charge in [0, 0.05) is 17.7 Å². The number of nitrogens with zero attached hydrogens (tertiary/aromatic N) is 1. The van der Waals surface area contributed by atoms with Gasteiger partial charge in [-0.1, -0.05) is 76.6 Å². The Morgan fingerprint density at radius 2 is 1.28 bits per heavy atom. The highest BCUT2D eigenvalue weighted by Crippen LogP contribution is 2.41. The van der Waals surface area contributed by atoms with E-state index in [-0.39, 0.29) is 16.7 Å². The number of rotatable bonds is 7. The monoisotopic (exact) mass is 457 g/mol. The molecule has 0 fully saturated rings. The Labute approximate surface area is 190 Å². The van der Waals surface area contributed by atoms with Crippen LogP contribution in [0.5, 0.6) is 11.8 Å². The van der Waals surface area contributed by atoms with Crippen molar-refractivity contribution in [2.24, 2.45) is 0 Å². The summed E-state index contributed by atoms with van der Waals surface area (Å²) in [7, 11) is -4.38. The molecule has 0 saturated carbocycles. The van der Waals surface area contributed by atoms with Crippen LogP contribution < -0.4 is 4.28 Å². The van der Waals surface area contributed by atoms with Crippen molar-refractivity contribution in [3.8, 4) is 22.9 Å². The summed E-state index contributed by atoms with van der Waals surface area (Å²) in [6.07, 6.45) is 0. The van der Waals surface area contributed by atoms with Gasteiger partial charge in [0.2, 0.25) is 11.8 Å². The molecule has 0 saturated heterocycles. The molecule has 0 aliphatic heterocycles. The highest BCUT2D eigenvalue weighted by atomic mass is 32.2. The topological polar surface area (TPSA) is 88.8 Å². The number of benzene rings is 2. The molecule has 0 spiro atoms. The lowest BCUT2D eigenvalue weighted by Crippen LogP contribution is -2.20. The molecule has 0 amide bonds. The first-order valence-electron chi connectivity index (χ1n) is 10.8. The maximum atomic E-state index is 13.3. The summed E-state index contributed by atoms with van der Waals surface area (Å²) in [5, 5.41) is 19.7. The van der Waals surface area contributed by atoms with E-state index in [0.29, 0.717) is 16.2 Å². The van der Waals surface area contributed by atoms with Gasteiger partial charge in [-0.3, -0.25) is 4.28 Å². The standard InChI is InChI=1S/C25H31NO5S/c1-15(2)18-13-20(16(3)4)25(21(14-18)17(5)6)19-9-7-8-10-22(19)32(29,30)31-26-23(27)11-12-24(26)28/h7-17,27-28H,1-6H3. The van der Waals surface area contributed by atoms with Gasteiger partial charge in [0.15, 0.2) is 0 Å². The normalized spacial score (nSPS) is 12.2. The van der Waals surface area contributed by atoms with Crippen molar-refractivity contribution in [1.29, 1.82) is 0 Å². The van der Waals surface area contributed by atoms with Crippen LogP contribution in [-0.2, 0) is 10.1 Å². The van der Waals surface area contributed by atoms with Gasteiger partial charge in [-0.15, -0.1) is 0 Å². The first kappa shape index (κ1) is 23.7. The summed E-state index contributed by atoms with van der Waals surface area (Å²) < 4.78 is 32.1. The van der Waals surface area contributed by atoms with E-state index in [4.69, 9.17) is 4.28 Å². The van der Waals surface area contributed by atoms with Crippen molar-refractivity contribution in [1.82, 2.24) is 4.73 Å². The molecular formula is C25H31NO5S. The van der Waals surface area contributed by atoms with Crippen LogP contribution in [0.25, 0.3) is 11.1 Å². The Balaban J connectivity index is 2.29. The van der Waals surface area contributed by atoms with Crippen LogP contribution in [0.3, 0.4) is 0 Å². The van der Waals surface area contributed by atoms with Gasteiger partial charge in [0.05, 0.1) is 0 Å². The van der Waals surface area contributed by atoms with E-state index in [1.54, 1.807) is 18.2 Å². The maximum Gasteiger partial charge on any atom is 0.357 e. The third kappa shape index (κ3) is 4.48. The Bertz CT molecular complexity index is 1170. The van der Waals surface area contributed by atoms with E-state index >= 15 is 0 Å². The van der Waals surface area contributed by atoms with Gasteiger partial charge >= 0.3 is 10.1 Å². The van der Waals surface area contributed by atoms with Gasteiger partial charge in [-0.25, -0.2) is 0 Å². The summed E-state index contributed by atoms with van der Waals surface area (Å²) >= 11 is 0. The van der Waals surface area contributed by atoms with Crippen LogP contribution in [0.2, 0.25) is 0 Å². The van der Waals surface area contributed by atoms with E-state index in [1.165, 1.54) is 11.6 Å². The molecule has 3 aromatic rings. The smallest absolute Gasteiger partial charge is 0.357 e. The van der Waals surface area contributed by atoms with Crippen LogP contribution in [0, 0.1) is 0 Å². The molecule has 32 heavy (non-hydrogen) atoms. The number of aromatic nitrogens is 1. The lowest BCUT2D eigenvalue weighted by Gasteiger charge is -2.24. The van der Waals surface area contributed by atoms with Crippen molar-refractivity contribution in [3.63, 3.8) is 0 Å². The predicted molar refractivity (Wildman–Crippen MR) is 126 cm³/mol. The van der Waals surface area contributed by atoms with Gasteiger partial charge in [-0.05, 0) is 46.1 Å². The third-order valence-electron chi connectivity index (χ3n) is 5.53. The Hall–Kier alpha value is -2.93. The molecule has 172 valence electrons. The molecule has 0 unspecified atom stereocenters. The van der Waals surface area contributed by atoms with Gasteiger partial charge in [0.1, 0.15) is 4.90 Å². The van der Waals surface area contributed by atoms with Crippen LogP contribution in [-0.4, -0.2) is 23.4 Å². The molecule has 3 rings (SSSR count). The van der Waals surface area contributed by atoms with Crippen LogP contribution in [0.15, 0.2) is 53.4 Å².